The van der Waals surface area contributed by atoms with Gasteiger partial charge in [-0.1, -0.05) is 114 Å². The van der Waals surface area contributed by atoms with Crippen LogP contribution in [0.4, 0.5) is 8.78 Å². The quantitative estimate of drug-likeness (QED) is 0.111. The first-order chi connectivity index (χ1) is 16.6. The third kappa shape index (κ3) is 13.5. The molecule has 0 unspecified atom stereocenters. The van der Waals surface area contributed by atoms with Gasteiger partial charge >= 0.3 is 13.3 Å². The van der Waals surface area contributed by atoms with Crippen molar-refractivity contribution in [3.05, 3.63) is 35.9 Å². The lowest BCUT2D eigenvalue weighted by Gasteiger charge is -2.28. The average Bonchev–Trinajstić information content (AvgIpc) is 2.81. The maximum atomic E-state index is 14.1. The number of aliphatic hydroxyl groups excluding tert-OH is 1. The van der Waals surface area contributed by atoms with Crippen molar-refractivity contribution in [1.82, 2.24) is 5.32 Å². The molecular weight excluding hydrogens is 475 g/mol. The van der Waals surface area contributed by atoms with Crippen molar-refractivity contribution in [2.75, 3.05) is 0 Å². The summed E-state index contributed by atoms with van der Waals surface area (Å²) in [7, 11) is -5.74. The number of aliphatic hydroxyl groups is 1. The Hall–Kier alpha value is -1.34. The Morgan fingerprint density at radius 1 is 0.886 bits per heavy atom. The van der Waals surface area contributed by atoms with E-state index in [1.54, 1.807) is 18.2 Å². The zero-order valence-electron chi connectivity index (χ0n) is 21.0. The van der Waals surface area contributed by atoms with Crippen molar-refractivity contribution in [3.63, 3.8) is 0 Å². The Kier molecular flexibility index (Phi) is 15.5. The van der Waals surface area contributed by atoms with Gasteiger partial charge in [0.25, 0.3) is 0 Å². The number of halogens is 2. The van der Waals surface area contributed by atoms with Crippen molar-refractivity contribution in [2.45, 2.75) is 121 Å². The Balaban J connectivity index is 2.36. The van der Waals surface area contributed by atoms with Crippen molar-refractivity contribution in [3.8, 4) is 0 Å². The van der Waals surface area contributed by atoms with E-state index in [2.05, 4.69) is 12.2 Å². The molecule has 1 aromatic rings. The summed E-state index contributed by atoms with van der Waals surface area (Å²) >= 11 is 0. The minimum absolute atomic E-state index is 0.108. The van der Waals surface area contributed by atoms with Gasteiger partial charge in [-0.05, 0) is 12.0 Å². The third-order valence-electron chi connectivity index (χ3n) is 6.27. The maximum absolute atomic E-state index is 14.1. The van der Waals surface area contributed by atoms with Crippen molar-refractivity contribution >= 4 is 13.5 Å². The summed E-state index contributed by atoms with van der Waals surface area (Å²) in [6.45, 7) is 2.22. The van der Waals surface area contributed by atoms with E-state index in [1.165, 1.54) is 69.9 Å². The molecule has 0 aromatic heterocycles. The summed E-state index contributed by atoms with van der Waals surface area (Å²) in [6, 6.07) is 6.37. The fraction of sp³-hybridized carbons (Fsp3) is 0.731. The van der Waals surface area contributed by atoms with Crippen LogP contribution < -0.4 is 5.32 Å². The number of unbranched alkanes of at least 4 members (excludes halogenated alkanes) is 12. The topological polar surface area (TPSA) is 107 Å². The van der Waals surface area contributed by atoms with Crippen LogP contribution in [0.1, 0.15) is 115 Å². The molecule has 9 heteroatoms. The van der Waals surface area contributed by atoms with Gasteiger partial charge in [-0.15, -0.1) is 0 Å². The largest absolute Gasteiger partial charge is 0.394 e. The molecule has 0 fully saturated rings. The minimum atomic E-state index is -5.74. The van der Waals surface area contributed by atoms with Gasteiger partial charge in [0.05, 0.1) is 12.1 Å². The van der Waals surface area contributed by atoms with Crippen LogP contribution in [-0.2, 0) is 9.36 Å². The molecular formula is C26H44F2NO5P. The molecule has 0 saturated heterocycles. The Bertz CT molecular complexity index is 745. The van der Waals surface area contributed by atoms with E-state index in [1.807, 2.05) is 0 Å². The number of hydrogen-bond donors (Lipinski definition) is 4. The van der Waals surface area contributed by atoms with Gasteiger partial charge in [-0.2, -0.15) is 8.78 Å². The lowest BCUT2D eigenvalue weighted by molar-refractivity contribution is -0.123. The second kappa shape index (κ2) is 17.2. The summed E-state index contributed by atoms with van der Waals surface area (Å²) in [4.78, 5) is 30.3. The molecule has 0 heterocycles. The van der Waals surface area contributed by atoms with Crippen molar-refractivity contribution in [2.24, 2.45) is 0 Å². The highest BCUT2D eigenvalue weighted by Gasteiger charge is 2.51. The molecule has 0 aliphatic carbocycles. The zero-order valence-corrected chi connectivity index (χ0v) is 21.9. The van der Waals surface area contributed by atoms with E-state index in [4.69, 9.17) is 9.79 Å². The standard InChI is InChI=1S/C26H44F2NO5P/c1-2-3-4-5-6-7-8-9-10-11-12-13-17-20-24(30)29-23(21-26(27,28)35(32,33)34)25(31)22-18-15-14-16-19-22/h14-16,18-19,23,25,31H,2-13,17,20-21H2,1H3,(H,29,30)(H2,32,33,34)/t23-,25-/m1/s1. The molecule has 0 aliphatic heterocycles. The number of nitrogens with one attached hydrogen (secondary N) is 1. The molecule has 6 nitrogen and oxygen atoms in total. The molecule has 1 amide bonds. The number of benzene rings is 1. The fourth-order valence-electron chi connectivity index (χ4n) is 4.09. The van der Waals surface area contributed by atoms with E-state index in [0.717, 1.165) is 19.3 Å². The second-order valence-corrected chi connectivity index (χ2v) is 11.2. The van der Waals surface area contributed by atoms with Crippen LogP contribution in [0.25, 0.3) is 0 Å². The molecule has 0 bridgehead atoms. The number of amides is 1. The average molecular weight is 520 g/mol. The summed E-state index contributed by atoms with van der Waals surface area (Å²) < 4.78 is 39.3. The minimum Gasteiger partial charge on any atom is -0.386 e. The van der Waals surface area contributed by atoms with Crippen LogP contribution in [0.15, 0.2) is 30.3 Å². The smallest absolute Gasteiger partial charge is 0.386 e. The van der Waals surface area contributed by atoms with Crippen LogP contribution in [-0.4, -0.2) is 32.5 Å². The predicted octanol–water partition coefficient (Wildman–Crippen LogP) is 6.85. The number of rotatable bonds is 20. The number of carbonyl (C=O) groups excluding carboxylic acids is 1. The first-order valence-corrected chi connectivity index (χ1v) is 14.7. The Labute approximate surface area is 209 Å². The molecule has 1 aromatic carbocycles. The lowest BCUT2D eigenvalue weighted by Crippen LogP contribution is -2.43. The predicted molar refractivity (Wildman–Crippen MR) is 135 cm³/mol. The summed E-state index contributed by atoms with van der Waals surface area (Å²) in [5.41, 5.74) is -4.09. The first kappa shape index (κ1) is 31.7. The van der Waals surface area contributed by atoms with Crippen molar-refractivity contribution < 1.29 is 33.0 Å². The number of alkyl halides is 2. The normalized spacial score (nSPS) is 14.0. The highest BCUT2D eigenvalue weighted by atomic mass is 31.2. The van der Waals surface area contributed by atoms with Gasteiger partial charge < -0.3 is 20.2 Å². The van der Waals surface area contributed by atoms with Gasteiger partial charge in [0.15, 0.2) is 0 Å². The fourth-order valence-corrected chi connectivity index (χ4v) is 4.52. The van der Waals surface area contributed by atoms with Gasteiger partial charge in [-0.25, -0.2) is 0 Å². The van der Waals surface area contributed by atoms with Gasteiger partial charge in [0.1, 0.15) is 0 Å². The first-order valence-electron chi connectivity index (χ1n) is 13.0. The lowest BCUT2D eigenvalue weighted by atomic mass is 9.99. The molecule has 0 saturated carbocycles. The van der Waals surface area contributed by atoms with E-state index >= 15 is 0 Å². The SMILES string of the molecule is CCCCCCCCCCCCCCCC(=O)N[C@H](CC(F)(F)P(=O)(O)O)[C@H](O)c1ccccc1. The van der Waals surface area contributed by atoms with Crippen LogP contribution in [0.3, 0.4) is 0 Å². The Morgan fingerprint density at radius 3 is 1.80 bits per heavy atom. The molecule has 35 heavy (non-hydrogen) atoms. The van der Waals surface area contributed by atoms with Gasteiger partial charge in [0.2, 0.25) is 5.91 Å². The highest BCUT2D eigenvalue weighted by molar-refractivity contribution is 7.53. The maximum Gasteiger partial charge on any atom is 0.394 e. The van der Waals surface area contributed by atoms with E-state index in [-0.39, 0.29) is 12.0 Å². The summed E-state index contributed by atoms with van der Waals surface area (Å²) in [5.74, 6) is -0.519. The third-order valence-corrected chi connectivity index (χ3v) is 7.30. The monoisotopic (exact) mass is 519 g/mol. The van der Waals surface area contributed by atoms with Crippen LogP contribution in [0.5, 0.6) is 0 Å². The molecule has 0 aliphatic rings. The molecule has 202 valence electrons. The molecule has 0 spiro atoms. The number of carbonyl (C=O) groups is 1. The van der Waals surface area contributed by atoms with E-state index < -0.39 is 37.7 Å². The zero-order chi connectivity index (χ0) is 26.2. The molecule has 0 radical (unpaired) electrons. The highest BCUT2D eigenvalue weighted by Crippen LogP contribution is 2.55. The molecule has 4 N–H and O–H groups in total. The Morgan fingerprint density at radius 2 is 1.34 bits per heavy atom. The van der Waals surface area contributed by atoms with Crippen LogP contribution in [0.2, 0.25) is 0 Å². The van der Waals surface area contributed by atoms with E-state index in [0.29, 0.717) is 6.42 Å². The van der Waals surface area contributed by atoms with Crippen LogP contribution >= 0.6 is 7.60 Å². The number of hydrogen-bond acceptors (Lipinski definition) is 3. The van der Waals surface area contributed by atoms with Gasteiger partial charge in [-0.3, -0.25) is 9.36 Å². The molecule has 2 atom stereocenters. The molecule has 1 rings (SSSR count). The van der Waals surface area contributed by atoms with Gasteiger partial charge in [0, 0.05) is 12.8 Å². The van der Waals surface area contributed by atoms with Crippen molar-refractivity contribution in [1.29, 1.82) is 0 Å². The second-order valence-electron chi connectivity index (χ2n) is 9.44. The summed E-state index contributed by atoms with van der Waals surface area (Å²) in [5, 5.41) is 12.9. The van der Waals surface area contributed by atoms with Crippen LogP contribution in [0, 0.1) is 0 Å². The summed E-state index contributed by atoms with van der Waals surface area (Å²) in [6.07, 6.45) is 12.3. The van der Waals surface area contributed by atoms with E-state index in [9.17, 15) is 23.2 Å².